The lowest BCUT2D eigenvalue weighted by atomic mass is 9.92. The molecule has 258 valence electrons. The molecule has 1 fully saturated rings. The Labute approximate surface area is 290 Å². The number of carbonyl (C=O) groups is 2. The van der Waals surface area contributed by atoms with E-state index in [1.165, 1.54) is 29.8 Å². The lowest BCUT2D eigenvalue weighted by Crippen LogP contribution is -2.52. The number of amides is 2. The molecular weight excluding hydrogens is 635 g/mol. The van der Waals surface area contributed by atoms with E-state index < -0.39 is 5.82 Å². The van der Waals surface area contributed by atoms with Gasteiger partial charge in [-0.25, -0.2) is 4.39 Å². The van der Waals surface area contributed by atoms with Crippen LogP contribution in [0.1, 0.15) is 43.2 Å². The molecule has 0 radical (unpaired) electrons. The van der Waals surface area contributed by atoms with Crippen molar-refractivity contribution >= 4 is 23.2 Å². The number of fused-ring (bicyclic) bond motifs is 1. The van der Waals surface area contributed by atoms with Gasteiger partial charge >= 0.3 is 0 Å². The van der Waals surface area contributed by atoms with Crippen molar-refractivity contribution in [2.45, 2.75) is 32.9 Å². The van der Waals surface area contributed by atoms with E-state index in [2.05, 4.69) is 22.1 Å². The maximum atomic E-state index is 15.1. The van der Waals surface area contributed by atoms with Crippen LogP contribution in [0.5, 0.6) is 5.75 Å². The summed E-state index contributed by atoms with van der Waals surface area (Å²) in [4.78, 5) is 35.1. The fourth-order valence-corrected chi connectivity index (χ4v) is 7.21. The second-order valence-electron chi connectivity index (χ2n) is 13.2. The van der Waals surface area contributed by atoms with Gasteiger partial charge in [0.1, 0.15) is 11.6 Å². The minimum atomic E-state index is -0.478. The third-order valence-corrected chi connectivity index (χ3v) is 9.98. The van der Waals surface area contributed by atoms with Gasteiger partial charge in [-0.2, -0.15) is 5.10 Å². The van der Waals surface area contributed by atoms with Gasteiger partial charge in [0.15, 0.2) is 0 Å². The lowest BCUT2D eigenvalue weighted by molar-refractivity contribution is 0.0193. The molecule has 50 heavy (non-hydrogen) atoms. The summed E-state index contributed by atoms with van der Waals surface area (Å²) in [6, 6.07) is 20.5. The second kappa shape index (κ2) is 13.6. The average molecular weight is 677 g/mol. The first kappa shape index (κ1) is 33.2. The van der Waals surface area contributed by atoms with E-state index in [0.717, 1.165) is 25.1 Å². The zero-order valence-electron chi connectivity index (χ0n) is 28.8. The number of aromatic hydroxyl groups is 1. The molecular formula is C39H41FN6O4. The van der Waals surface area contributed by atoms with E-state index in [-0.39, 0.29) is 23.6 Å². The van der Waals surface area contributed by atoms with Crippen LogP contribution in [0.25, 0.3) is 11.3 Å². The number of nitrogens with zero attached hydrogens (tertiary/aromatic N) is 6. The monoisotopic (exact) mass is 676 g/mol. The summed E-state index contributed by atoms with van der Waals surface area (Å²) in [5, 5.41) is 14.4. The van der Waals surface area contributed by atoms with Gasteiger partial charge in [0.05, 0.1) is 30.2 Å². The van der Waals surface area contributed by atoms with Crippen molar-refractivity contribution in [3.05, 3.63) is 118 Å². The number of hydrogen-bond acceptors (Lipinski definition) is 6. The largest absolute Gasteiger partial charge is 0.508 e. The fraction of sp³-hybridized carbons (Fsp3) is 0.308. The first-order chi connectivity index (χ1) is 24.1. The van der Waals surface area contributed by atoms with Gasteiger partial charge in [-0.15, -0.1) is 0 Å². The topological polar surface area (TPSA) is 96.1 Å². The number of aryl methyl sites for hydroxylation is 2. The van der Waals surface area contributed by atoms with Crippen LogP contribution in [0.4, 0.5) is 15.8 Å². The van der Waals surface area contributed by atoms with Crippen LogP contribution < -0.4 is 4.90 Å². The van der Waals surface area contributed by atoms with Crippen molar-refractivity contribution in [3.8, 4) is 17.0 Å². The zero-order valence-corrected chi connectivity index (χ0v) is 28.8. The van der Waals surface area contributed by atoms with Gasteiger partial charge in [0, 0.05) is 80.7 Å². The lowest BCUT2D eigenvalue weighted by Gasteiger charge is -2.40. The Morgan fingerprint density at radius 3 is 2.38 bits per heavy atom. The Morgan fingerprint density at radius 1 is 0.960 bits per heavy atom. The Kier molecular flexibility index (Phi) is 9.02. The van der Waals surface area contributed by atoms with Crippen molar-refractivity contribution in [1.82, 2.24) is 24.1 Å². The Hall–Kier alpha value is -5.26. The van der Waals surface area contributed by atoms with E-state index in [9.17, 15) is 14.7 Å². The van der Waals surface area contributed by atoms with E-state index in [0.29, 0.717) is 71.5 Å². The highest BCUT2D eigenvalue weighted by Gasteiger charge is 2.34. The second-order valence-corrected chi connectivity index (χ2v) is 13.2. The summed E-state index contributed by atoms with van der Waals surface area (Å²) >= 11 is 0. The number of benzene rings is 3. The molecule has 2 aromatic heterocycles. The molecule has 0 aliphatic carbocycles. The van der Waals surface area contributed by atoms with Crippen LogP contribution in [0.15, 0.2) is 79.0 Å². The average Bonchev–Trinajstić information content (AvgIpc) is 3.60. The number of hydrogen-bond donors (Lipinski definition) is 1. The number of morpholine rings is 1. The molecule has 1 atom stereocenters. The molecule has 2 aliphatic rings. The smallest absolute Gasteiger partial charge is 0.264 e. The number of ether oxygens (including phenoxy) is 1. The molecule has 0 saturated carbocycles. The first-order valence-corrected chi connectivity index (χ1v) is 16.9. The molecule has 0 spiro atoms. The number of phenolic OH excluding ortho intramolecular Hbond substituents is 1. The maximum Gasteiger partial charge on any atom is 0.264 e. The van der Waals surface area contributed by atoms with Crippen molar-refractivity contribution in [3.63, 3.8) is 0 Å². The Bertz CT molecular complexity index is 2060. The number of anilines is 2. The highest BCUT2D eigenvalue weighted by molar-refractivity contribution is 6.13. The number of phenols is 1. The van der Waals surface area contributed by atoms with Gasteiger partial charge in [-0.1, -0.05) is 24.3 Å². The van der Waals surface area contributed by atoms with Crippen molar-refractivity contribution in [2.75, 3.05) is 37.7 Å². The summed E-state index contributed by atoms with van der Waals surface area (Å²) in [7, 11) is 3.61. The van der Waals surface area contributed by atoms with Crippen LogP contribution in [-0.4, -0.2) is 80.0 Å². The molecule has 4 heterocycles. The number of aromatic nitrogens is 3. The third-order valence-electron chi connectivity index (χ3n) is 9.98. The molecule has 5 aromatic rings. The fourth-order valence-electron chi connectivity index (χ4n) is 7.21. The zero-order chi connectivity index (χ0) is 35.1. The quantitative estimate of drug-likeness (QED) is 0.236. The molecule has 2 aliphatic heterocycles. The van der Waals surface area contributed by atoms with Crippen molar-refractivity contribution in [1.29, 1.82) is 0 Å². The van der Waals surface area contributed by atoms with Crippen LogP contribution in [-0.2, 0) is 31.8 Å². The predicted octanol–water partition coefficient (Wildman–Crippen LogP) is 5.76. The molecule has 3 aromatic carbocycles. The summed E-state index contributed by atoms with van der Waals surface area (Å²) in [5.74, 6) is -0.909. The van der Waals surface area contributed by atoms with Crippen LogP contribution in [0.3, 0.4) is 0 Å². The maximum absolute atomic E-state index is 15.1. The van der Waals surface area contributed by atoms with Crippen molar-refractivity contribution < 1.29 is 23.8 Å². The molecule has 10 nitrogen and oxygen atoms in total. The van der Waals surface area contributed by atoms with Crippen molar-refractivity contribution in [2.24, 2.45) is 14.1 Å². The van der Waals surface area contributed by atoms with E-state index in [4.69, 9.17) is 4.74 Å². The van der Waals surface area contributed by atoms with Crippen LogP contribution in [0.2, 0.25) is 0 Å². The predicted molar refractivity (Wildman–Crippen MR) is 189 cm³/mol. The van der Waals surface area contributed by atoms with Gasteiger partial charge < -0.3 is 19.3 Å². The summed E-state index contributed by atoms with van der Waals surface area (Å²) in [6.07, 6.45) is 2.49. The first-order valence-electron chi connectivity index (χ1n) is 16.9. The highest BCUT2D eigenvalue weighted by Crippen LogP contribution is 2.36. The SMILES string of the molecule is Cc1nn(C)cc1N(C(=O)c1cc(-c2cc(F)ccc2C(=O)N2Cc3ccccc3C[C@H]2CN2CCOCC2)n(C)c1C)c1ccc(O)cc1. The molecule has 1 saturated heterocycles. The summed E-state index contributed by atoms with van der Waals surface area (Å²) in [6.45, 7) is 7.77. The van der Waals surface area contributed by atoms with Gasteiger partial charge in [-0.05, 0) is 79.9 Å². The molecule has 2 amide bonds. The number of rotatable bonds is 7. The number of carbonyl (C=O) groups excluding carboxylic acids is 2. The van der Waals surface area contributed by atoms with E-state index >= 15 is 4.39 Å². The van der Waals surface area contributed by atoms with Gasteiger partial charge in [-0.3, -0.25) is 24.1 Å². The third kappa shape index (κ3) is 6.30. The Balaban J connectivity index is 1.28. The van der Waals surface area contributed by atoms with E-state index in [1.54, 1.807) is 47.1 Å². The molecule has 1 N–H and O–H groups in total. The molecule has 0 bridgehead atoms. The van der Waals surface area contributed by atoms with Crippen LogP contribution >= 0.6 is 0 Å². The Morgan fingerprint density at radius 2 is 1.68 bits per heavy atom. The molecule has 11 heteroatoms. The van der Waals surface area contributed by atoms with Gasteiger partial charge in [0.2, 0.25) is 0 Å². The molecule has 0 unspecified atom stereocenters. The minimum Gasteiger partial charge on any atom is -0.508 e. The highest BCUT2D eigenvalue weighted by atomic mass is 19.1. The van der Waals surface area contributed by atoms with E-state index in [1.807, 2.05) is 42.5 Å². The van der Waals surface area contributed by atoms with Crippen LogP contribution in [0, 0.1) is 19.7 Å². The standard InChI is InChI=1S/C39H41FN6O4/c1-25-37(24-42(3)41-25)46(30-10-12-32(47)13-11-30)39(49)34-21-36(43(4)26(34)2)35-20-29(40)9-14-33(35)38(48)45-22-28-8-6-5-7-27(28)19-31(45)23-44-15-17-50-18-16-44/h5-14,20-21,24,31,47H,15-19,22-23H2,1-4H3/t31-/m0/s1. The summed E-state index contributed by atoms with van der Waals surface area (Å²) in [5.41, 5.74) is 6.49. The summed E-state index contributed by atoms with van der Waals surface area (Å²) < 4.78 is 24.2. The normalized spacial score (nSPS) is 16.3. The number of halogens is 1. The molecule has 7 rings (SSSR count). The van der Waals surface area contributed by atoms with Gasteiger partial charge in [0.25, 0.3) is 11.8 Å². The minimum absolute atomic E-state index is 0.0786.